The monoisotopic (exact) mass is 424 g/mol. The molecule has 1 aliphatic heterocycles. The molecule has 0 unspecified atom stereocenters. The Balaban J connectivity index is 1.24. The highest BCUT2D eigenvalue weighted by Gasteiger charge is 2.35. The number of para-hydroxylation sites is 1. The Morgan fingerprint density at radius 2 is 1.59 bits per heavy atom. The molecule has 5 rings (SSSR count). The zero-order chi connectivity index (χ0) is 21.9. The molecule has 0 radical (unpaired) electrons. The molecule has 1 aromatic heterocycles. The van der Waals surface area contributed by atoms with Crippen LogP contribution in [0.4, 0.5) is 11.4 Å². The van der Waals surface area contributed by atoms with Crippen LogP contribution in [0.2, 0.25) is 0 Å². The third-order valence-electron chi connectivity index (χ3n) is 5.42. The van der Waals surface area contributed by atoms with Crippen LogP contribution >= 0.6 is 0 Å². The molecule has 32 heavy (non-hydrogen) atoms. The highest BCUT2D eigenvalue weighted by atomic mass is 16.5. The number of rotatable bonds is 5. The van der Waals surface area contributed by atoms with Gasteiger partial charge in [-0.3, -0.25) is 9.59 Å². The minimum atomic E-state index is -0.397. The lowest BCUT2D eigenvalue weighted by Gasteiger charge is -2.16. The van der Waals surface area contributed by atoms with Crippen LogP contribution < -0.4 is 10.2 Å². The molecule has 1 N–H and O–H groups in total. The van der Waals surface area contributed by atoms with Crippen molar-refractivity contribution in [2.75, 3.05) is 16.8 Å². The summed E-state index contributed by atoms with van der Waals surface area (Å²) in [4.78, 5) is 31.2. The van der Waals surface area contributed by atoms with E-state index in [1.807, 2.05) is 72.8 Å². The van der Waals surface area contributed by atoms with Gasteiger partial charge in [-0.2, -0.15) is 4.98 Å². The van der Waals surface area contributed by atoms with Crippen LogP contribution in [0.1, 0.15) is 6.42 Å². The average molecular weight is 424 g/mol. The van der Waals surface area contributed by atoms with Crippen molar-refractivity contribution in [3.63, 3.8) is 0 Å². The van der Waals surface area contributed by atoms with Gasteiger partial charge in [0.1, 0.15) is 0 Å². The van der Waals surface area contributed by atoms with Gasteiger partial charge >= 0.3 is 0 Å². The lowest BCUT2D eigenvalue weighted by Crippen LogP contribution is -2.28. The first-order valence-electron chi connectivity index (χ1n) is 10.3. The molecule has 0 bridgehead atoms. The van der Waals surface area contributed by atoms with E-state index < -0.39 is 5.92 Å². The predicted molar refractivity (Wildman–Crippen MR) is 121 cm³/mol. The van der Waals surface area contributed by atoms with E-state index in [2.05, 4.69) is 15.5 Å². The lowest BCUT2D eigenvalue weighted by molar-refractivity contribution is -0.122. The summed E-state index contributed by atoms with van der Waals surface area (Å²) in [7, 11) is 0. The number of hydrogen-bond acceptors (Lipinski definition) is 5. The quantitative estimate of drug-likeness (QED) is 0.513. The van der Waals surface area contributed by atoms with Gasteiger partial charge in [0.25, 0.3) is 5.89 Å². The molecular weight excluding hydrogens is 404 g/mol. The van der Waals surface area contributed by atoms with Crippen molar-refractivity contribution >= 4 is 23.2 Å². The van der Waals surface area contributed by atoms with Crippen molar-refractivity contribution in [3.05, 3.63) is 84.9 Å². The summed E-state index contributed by atoms with van der Waals surface area (Å²) in [6.45, 7) is 0.372. The average Bonchev–Trinajstić information content (AvgIpc) is 3.48. The van der Waals surface area contributed by atoms with Crippen LogP contribution in [0.15, 0.2) is 89.5 Å². The molecule has 3 aromatic carbocycles. The smallest absolute Gasteiger partial charge is 0.258 e. The van der Waals surface area contributed by atoms with Gasteiger partial charge in [0, 0.05) is 35.5 Å². The zero-order valence-electron chi connectivity index (χ0n) is 17.1. The molecule has 0 saturated carbocycles. The van der Waals surface area contributed by atoms with Crippen molar-refractivity contribution < 1.29 is 14.1 Å². The fourth-order valence-corrected chi connectivity index (χ4v) is 3.73. The van der Waals surface area contributed by atoms with Crippen LogP contribution in [-0.4, -0.2) is 28.5 Å². The first-order chi connectivity index (χ1) is 15.7. The summed E-state index contributed by atoms with van der Waals surface area (Å²) in [6.07, 6.45) is 0.197. The van der Waals surface area contributed by atoms with Crippen molar-refractivity contribution in [2.24, 2.45) is 5.92 Å². The number of carbonyl (C=O) groups is 2. The molecule has 158 valence electrons. The van der Waals surface area contributed by atoms with E-state index in [0.717, 1.165) is 16.8 Å². The Kier molecular flexibility index (Phi) is 5.21. The number of hydrogen-bond donors (Lipinski definition) is 1. The second-order valence-electron chi connectivity index (χ2n) is 7.60. The van der Waals surface area contributed by atoms with Crippen LogP contribution in [0.3, 0.4) is 0 Å². The van der Waals surface area contributed by atoms with Crippen molar-refractivity contribution in [2.45, 2.75) is 6.42 Å². The molecule has 1 saturated heterocycles. The summed E-state index contributed by atoms with van der Waals surface area (Å²) >= 11 is 0. The molecule has 1 atom stereocenters. The number of nitrogens with one attached hydrogen (secondary N) is 1. The number of benzene rings is 3. The lowest BCUT2D eigenvalue weighted by atomic mass is 10.1. The van der Waals surface area contributed by atoms with Crippen LogP contribution in [-0.2, 0) is 9.59 Å². The third kappa shape index (κ3) is 4.00. The predicted octanol–water partition coefficient (Wildman–Crippen LogP) is 4.40. The van der Waals surface area contributed by atoms with Gasteiger partial charge in [-0.1, -0.05) is 53.7 Å². The van der Waals surface area contributed by atoms with E-state index in [-0.39, 0.29) is 18.2 Å². The van der Waals surface area contributed by atoms with Crippen molar-refractivity contribution in [1.82, 2.24) is 10.1 Å². The normalized spacial score (nSPS) is 15.7. The van der Waals surface area contributed by atoms with Crippen molar-refractivity contribution in [3.8, 4) is 22.8 Å². The Labute approximate surface area is 184 Å². The maximum absolute atomic E-state index is 12.7. The fourth-order valence-electron chi connectivity index (χ4n) is 3.73. The highest BCUT2D eigenvalue weighted by Crippen LogP contribution is 2.27. The topological polar surface area (TPSA) is 88.3 Å². The maximum atomic E-state index is 12.7. The van der Waals surface area contributed by atoms with Gasteiger partial charge in [0.05, 0.1) is 5.92 Å². The molecule has 1 aliphatic rings. The standard InChI is InChI=1S/C25H20N4O3/c30-22-15-19(16-29(22)21-9-5-2-6-10-21)24(31)26-20-13-11-18(12-14-20)25-27-23(28-32-25)17-7-3-1-4-8-17/h1-14,19H,15-16H2,(H,26,31)/t19-/m0/s1. The van der Waals surface area contributed by atoms with E-state index in [9.17, 15) is 9.59 Å². The van der Waals surface area contributed by atoms with Gasteiger partial charge in [-0.25, -0.2) is 0 Å². The number of aromatic nitrogens is 2. The summed E-state index contributed by atoms with van der Waals surface area (Å²) in [5, 5.41) is 6.93. The van der Waals surface area contributed by atoms with Gasteiger partial charge in [0.15, 0.2) is 0 Å². The summed E-state index contributed by atoms with van der Waals surface area (Å²) < 4.78 is 5.38. The van der Waals surface area contributed by atoms with Crippen LogP contribution in [0.5, 0.6) is 0 Å². The van der Waals surface area contributed by atoms with E-state index in [0.29, 0.717) is 23.9 Å². The molecule has 7 nitrogen and oxygen atoms in total. The van der Waals surface area contributed by atoms with E-state index >= 15 is 0 Å². The molecule has 0 spiro atoms. The highest BCUT2D eigenvalue weighted by molar-refractivity contribution is 6.03. The van der Waals surface area contributed by atoms with Gasteiger partial charge in [-0.05, 0) is 36.4 Å². The summed E-state index contributed by atoms with van der Waals surface area (Å²) in [5.41, 5.74) is 3.09. The van der Waals surface area contributed by atoms with Crippen LogP contribution in [0.25, 0.3) is 22.8 Å². The molecule has 7 heteroatoms. The zero-order valence-corrected chi connectivity index (χ0v) is 17.1. The minimum Gasteiger partial charge on any atom is -0.334 e. The van der Waals surface area contributed by atoms with E-state index in [1.165, 1.54) is 0 Å². The molecule has 2 heterocycles. The Bertz CT molecular complexity index is 1240. The SMILES string of the molecule is O=C(Nc1ccc(-c2nc(-c3ccccc3)no2)cc1)[C@H]1CC(=O)N(c2ccccc2)C1. The Morgan fingerprint density at radius 3 is 2.31 bits per heavy atom. The first-order valence-corrected chi connectivity index (χ1v) is 10.3. The number of anilines is 2. The van der Waals surface area contributed by atoms with Gasteiger partial charge in [0.2, 0.25) is 17.6 Å². The van der Waals surface area contributed by atoms with Gasteiger partial charge in [-0.15, -0.1) is 0 Å². The molecule has 4 aromatic rings. The minimum absolute atomic E-state index is 0.0442. The molecule has 2 amide bonds. The van der Waals surface area contributed by atoms with E-state index in [4.69, 9.17) is 4.52 Å². The fraction of sp³-hybridized carbons (Fsp3) is 0.120. The second kappa shape index (κ2) is 8.47. The summed E-state index contributed by atoms with van der Waals surface area (Å²) in [5.74, 6) is 0.311. The van der Waals surface area contributed by atoms with Crippen LogP contribution in [0, 0.1) is 5.92 Å². The second-order valence-corrected chi connectivity index (χ2v) is 7.60. The maximum Gasteiger partial charge on any atom is 0.258 e. The number of amides is 2. The van der Waals surface area contributed by atoms with E-state index in [1.54, 1.807) is 17.0 Å². The molecular formula is C25H20N4O3. The Hall–Kier alpha value is -4.26. The number of carbonyl (C=O) groups excluding carboxylic acids is 2. The summed E-state index contributed by atoms with van der Waals surface area (Å²) in [6, 6.07) is 26.2. The first kappa shape index (κ1) is 19.7. The number of nitrogens with zero attached hydrogens (tertiary/aromatic N) is 3. The Morgan fingerprint density at radius 1 is 0.906 bits per heavy atom. The molecule has 0 aliphatic carbocycles. The third-order valence-corrected chi connectivity index (χ3v) is 5.42. The largest absolute Gasteiger partial charge is 0.334 e. The van der Waals surface area contributed by atoms with Gasteiger partial charge < -0.3 is 14.7 Å². The molecule has 1 fully saturated rings. The van der Waals surface area contributed by atoms with Crippen molar-refractivity contribution in [1.29, 1.82) is 0 Å².